The van der Waals surface area contributed by atoms with Crippen LogP contribution in [0.15, 0.2) is 0 Å². The van der Waals surface area contributed by atoms with Crippen LogP contribution < -0.4 is 0 Å². The summed E-state index contributed by atoms with van der Waals surface area (Å²) in [5.41, 5.74) is 0. The first-order chi connectivity index (χ1) is 7.05. The van der Waals surface area contributed by atoms with E-state index in [9.17, 15) is 8.42 Å². The van der Waals surface area contributed by atoms with Crippen molar-refractivity contribution in [1.82, 2.24) is 0 Å². The van der Waals surface area contributed by atoms with Crippen LogP contribution in [-0.4, -0.2) is 19.4 Å². The molecule has 0 aromatic rings. The van der Waals surface area contributed by atoms with Crippen LogP contribution >= 0.6 is 0 Å². The summed E-state index contributed by atoms with van der Waals surface area (Å²) in [5, 5.41) is 8.55. The number of hydrogen-bond acceptors (Lipinski definition) is 3. The zero-order valence-electron chi connectivity index (χ0n) is 9.44. The molecule has 0 aliphatic heterocycles. The Morgan fingerprint density at radius 3 is 2.47 bits per heavy atom. The summed E-state index contributed by atoms with van der Waals surface area (Å²) >= 11 is 0. The molecule has 0 bridgehead atoms. The van der Waals surface area contributed by atoms with E-state index in [0.29, 0.717) is 12.3 Å². The molecule has 1 rings (SSSR count). The van der Waals surface area contributed by atoms with E-state index in [-0.39, 0.29) is 11.7 Å². The summed E-state index contributed by atoms with van der Waals surface area (Å²) in [5.74, 6) is 0.366. The Kier molecular flexibility index (Phi) is 4.15. The highest BCUT2D eigenvalue weighted by atomic mass is 32.2. The van der Waals surface area contributed by atoms with Gasteiger partial charge in [-0.3, -0.25) is 0 Å². The number of nitriles is 1. The fraction of sp³-hybridized carbons (Fsp3) is 0.909. The largest absolute Gasteiger partial charge is 0.229 e. The van der Waals surface area contributed by atoms with Crippen LogP contribution in [0.4, 0.5) is 0 Å². The van der Waals surface area contributed by atoms with Gasteiger partial charge in [0, 0.05) is 5.75 Å². The first-order valence-electron chi connectivity index (χ1n) is 5.66. The lowest BCUT2D eigenvalue weighted by atomic mass is 9.81. The average Bonchev–Trinajstić information content (AvgIpc) is 2.28. The molecule has 0 saturated heterocycles. The lowest BCUT2D eigenvalue weighted by molar-refractivity contribution is 0.308. The molecule has 4 heteroatoms. The molecule has 1 aliphatic rings. The number of hydrogen-bond donors (Lipinski definition) is 0. The van der Waals surface area contributed by atoms with Crippen molar-refractivity contribution in [2.75, 3.05) is 5.75 Å². The predicted octanol–water partition coefficient (Wildman–Crippen LogP) is 2.14. The Labute approximate surface area is 92.4 Å². The van der Waals surface area contributed by atoms with Gasteiger partial charge in [0.05, 0.1) is 17.2 Å². The van der Waals surface area contributed by atoms with Gasteiger partial charge in [0.2, 0.25) is 0 Å². The van der Waals surface area contributed by atoms with Crippen LogP contribution in [0.5, 0.6) is 0 Å². The van der Waals surface area contributed by atoms with Gasteiger partial charge in [-0.15, -0.1) is 0 Å². The Balaban J connectivity index is 2.86. The fourth-order valence-corrected chi connectivity index (χ4v) is 4.03. The predicted molar refractivity (Wildman–Crippen MR) is 60.0 cm³/mol. The maximum Gasteiger partial charge on any atom is 0.154 e. The van der Waals surface area contributed by atoms with Gasteiger partial charge in [-0.2, -0.15) is 5.26 Å². The van der Waals surface area contributed by atoms with Gasteiger partial charge >= 0.3 is 0 Å². The van der Waals surface area contributed by atoms with E-state index >= 15 is 0 Å². The SMILES string of the molecule is CCC1CCC(C#N)C(S(=O)(=O)CC)C1. The van der Waals surface area contributed by atoms with Crippen molar-refractivity contribution < 1.29 is 8.42 Å². The monoisotopic (exact) mass is 229 g/mol. The van der Waals surface area contributed by atoms with E-state index in [1.807, 2.05) is 0 Å². The summed E-state index contributed by atoms with van der Waals surface area (Å²) in [6.07, 6.45) is 3.46. The minimum atomic E-state index is -3.05. The lowest BCUT2D eigenvalue weighted by Crippen LogP contribution is -2.36. The molecule has 1 saturated carbocycles. The molecule has 3 nitrogen and oxygen atoms in total. The molecule has 15 heavy (non-hydrogen) atoms. The van der Waals surface area contributed by atoms with Crippen molar-refractivity contribution in [3.63, 3.8) is 0 Å². The summed E-state index contributed by atoms with van der Waals surface area (Å²) in [7, 11) is -3.05. The van der Waals surface area contributed by atoms with Gasteiger partial charge in [-0.25, -0.2) is 8.42 Å². The van der Waals surface area contributed by atoms with E-state index in [1.165, 1.54) is 0 Å². The molecule has 86 valence electrons. The zero-order chi connectivity index (χ0) is 11.5. The minimum absolute atomic E-state index is 0.159. The fourth-order valence-electron chi connectivity index (χ4n) is 2.34. The van der Waals surface area contributed by atoms with Crippen molar-refractivity contribution in [2.24, 2.45) is 11.8 Å². The minimum Gasteiger partial charge on any atom is -0.229 e. The summed E-state index contributed by atoms with van der Waals surface area (Å²) < 4.78 is 23.7. The topological polar surface area (TPSA) is 57.9 Å². The van der Waals surface area contributed by atoms with Crippen LogP contribution in [0.3, 0.4) is 0 Å². The number of nitrogens with zero attached hydrogens (tertiary/aromatic N) is 1. The second-order valence-electron chi connectivity index (χ2n) is 4.31. The average molecular weight is 229 g/mol. The van der Waals surface area contributed by atoms with E-state index in [2.05, 4.69) is 13.0 Å². The van der Waals surface area contributed by atoms with E-state index in [0.717, 1.165) is 19.3 Å². The molecule has 0 radical (unpaired) electrons. The molecule has 0 heterocycles. The van der Waals surface area contributed by atoms with Gasteiger partial charge in [0.15, 0.2) is 9.84 Å². The highest BCUT2D eigenvalue weighted by molar-refractivity contribution is 7.92. The van der Waals surface area contributed by atoms with Gasteiger partial charge in [-0.1, -0.05) is 20.3 Å². The maximum absolute atomic E-state index is 11.8. The molecule has 0 N–H and O–H groups in total. The van der Waals surface area contributed by atoms with Gasteiger partial charge in [-0.05, 0) is 25.2 Å². The molecule has 3 atom stereocenters. The van der Waals surface area contributed by atoms with Crippen LogP contribution in [0, 0.1) is 23.2 Å². The van der Waals surface area contributed by atoms with Crippen molar-refractivity contribution in [1.29, 1.82) is 5.26 Å². The molecule has 0 aromatic carbocycles. The van der Waals surface area contributed by atoms with Crippen molar-refractivity contribution in [3.05, 3.63) is 0 Å². The highest BCUT2D eigenvalue weighted by Gasteiger charge is 2.37. The molecule has 1 fully saturated rings. The second kappa shape index (κ2) is 4.98. The molecule has 0 spiro atoms. The Morgan fingerprint density at radius 1 is 1.33 bits per heavy atom. The van der Waals surface area contributed by atoms with Gasteiger partial charge < -0.3 is 0 Å². The zero-order valence-corrected chi connectivity index (χ0v) is 10.3. The molecule has 3 unspecified atom stereocenters. The molecule has 0 amide bonds. The molecular formula is C11H19NO2S. The molecule has 0 aromatic heterocycles. The lowest BCUT2D eigenvalue weighted by Gasteiger charge is -2.31. The van der Waals surface area contributed by atoms with Crippen LogP contribution in [0.25, 0.3) is 0 Å². The van der Waals surface area contributed by atoms with Gasteiger partial charge in [0.25, 0.3) is 0 Å². The first kappa shape index (κ1) is 12.5. The Morgan fingerprint density at radius 2 is 2.00 bits per heavy atom. The van der Waals surface area contributed by atoms with E-state index in [4.69, 9.17) is 5.26 Å². The number of rotatable bonds is 3. The summed E-state index contributed by atoms with van der Waals surface area (Å²) in [6, 6.07) is 2.16. The number of sulfone groups is 1. The quantitative estimate of drug-likeness (QED) is 0.745. The third-order valence-electron chi connectivity index (χ3n) is 3.51. The van der Waals surface area contributed by atoms with Crippen LogP contribution in [0.1, 0.15) is 39.5 Å². The highest BCUT2D eigenvalue weighted by Crippen LogP contribution is 2.34. The normalized spacial score (nSPS) is 32.2. The first-order valence-corrected chi connectivity index (χ1v) is 7.37. The van der Waals surface area contributed by atoms with E-state index < -0.39 is 15.1 Å². The summed E-state index contributed by atoms with van der Waals surface area (Å²) in [4.78, 5) is 0. The van der Waals surface area contributed by atoms with Crippen molar-refractivity contribution in [3.8, 4) is 6.07 Å². The summed E-state index contributed by atoms with van der Waals surface area (Å²) in [6.45, 7) is 3.76. The van der Waals surface area contributed by atoms with Crippen LogP contribution in [-0.2, 0) is 9.84 Å². The second-order valence-corrected chi connectivity index (χ2v) is 6.82. The maximum atomic E-state index is 11.8. The van der Waals surface area contributed by atoms with Crippen molar-refractivity contribution >= 4 is 9.84 Å². The standard InChI is InChI=1S/C11H19NO2S/c1-3-9-5-6-10(8-12)11(7-9)15(13,14)4-2/h9-11H,3-7H2,1-2H3. The van der Waals surface area contributed by atoms with E-state index in [1.54, 1.807) is 6.92 Å². The Hall–Kier alpha value is -0.560. The third-order valence-corrected chi connectivity index (χ3v) is 5.76. The van der Waals surface area contributed by atoms with Crippen molar-refractivity contribution in [2.45, 2.75) is 44.8 Å². The third kappa shape index (κ3) is 2.72. The molecular weight excluding hydrogens is 210 g/mol. The Bertz CT molecular complexity index is 342. The smallest absolute Gasteiger partial charge is 0.154 e. The van der Waals surface area contributed by atoms with Crippen LogP contribution in [0.2, 0.25) is 0 Å². The van der Waals surface area contributed by atoms with Gasteiger partial charge in [0.1, 0.15) is 0 Å². The molecule has 1 aliphatic carbocycles.